The van der Waals surface area contributed by atoms with Crippen molar-refractivity contribution in [2.45, 2.75) is 125 Å². The first-order valence-electron chi connectivity index (χ1n) is 14.6. The van der Waals surface area contributed by atoms with Crippen LogP contribution in [0, 0.1) is 23.7 Å². The van der Waals surface area contributed by atoms with Gasteiger partial charge >= 0.3 is 0 Å². The molecule has 0 radical (unpaired) electrons. The molecule has 0 spiro atoms. The summed E-state index contributed by atoms with van der Waals surface area (Å²) in [6.45, 7) is 17.4. The summed E-state index contributed by atoms with van der Waals surface area (Å²) < 4.78 is 0. The predicted molar refractivity (Wildman–Crippen MR) is 156 cm³/mol. The van der Waals surface area contributed by atoms with Gasteiger partial charge < -0.3 is 32.1 Å². The molecule has 11 heteroatoms. The van der Waals surface area contributed by atoms with Crippen LogP contribution in [0.3, 0.4) is 0 Å². The van der Waals surface area contributed by atoms with E-state index in [1.165, 1.54) is 0 Å². The van der Waals surface area contributed by atoms with Crippen molar-refractivity contribution in [2.24, 2.45) is 29.4 Å². The first-order chi connectivity index (χ1) is 18.5. The van der Waals surface area contributed by atoms with E-state index in [2.05, 4.69) is 21.3 Å². The zero-order valence-corrected chi connectivity index (χ0v) is 26.0. The highest BCUT2D eigenvalue weighted by atomic mass is 16.3. The summed E-state index contributed by atoms with van der Waals surface area (Å²) in [7, 11) is 0. The SMILES string of the molecule is CC(C)CCNC(=O)[C@H](C)NC(=O)[C@@H](N)CCC(O)C(=O)[C@H](CC(C)C)NC(=O)[C@@H](NC(=O)CC(C)C)C(C)C. The summed E-state index contributed by atoms with van der Waals surface area (Å²) in [4.78, 5) is 63.1. The predicted octanol–water partition coefficient (Wildman–Crippen LogP) is 1.41. The third-order valence-electron chi connectivity index (χ3n) is 6.42. The molecule has 0 saturated carbocycles. The zero-order valence-electron chi connectivity index (χ0n) is 26.0. The van der Waals surface area contributed by atoms with Crippen molar-refractivity contribution in [1.82, 2.24) is 21.3 Å². The van der Waals surface area contributed by atoms with Crippen LogP contribution in [0.5, 0.6) is 0 Å². The van der Waals surface area contributed by atoms with Gasteiger partial charge in [0.05, 0.1) is 12.1 Å². The van der Waals surface area contributed by atoms with Crippen LogP contribution >= 0.6 is 0 Å². The third-order valence-corrected chi connectivity index (χ3v) is 6.42. The van der Waals surface area contributed by atoms with Crippen molar-refractivity contribution in [2.75, 3.05) is 6.54 Å². The molecule has 0 aromatic carbocycles. The van der Waals surface area contributed by atoms with Gasteiger partial charge in [-0.25, -0.2) is 0 Å². The van der Waals surface area contributed by atoms with E-state index in [0.717, 1.165) is 6.42 Å². The Morgan fingerprint density at radius 3 is 1.80 bits per heavy atom. The lowest BCUT2D eigenvalue weighted by Crippen LogP contribution is -2.55. The highest BCUT2D eigenvalue weighted by Crippen LogP contribution is 2.13. The number of nitrogens with two attached hydrogens (primary N) is 1. The van der Waals surface area contributed by atoms with Crippen molar-refractivity contribution in [1.29, 1.82) is 0 Å². The highest BCUT2D eigenvalue weighted by Gasteiger charge is 2.32. The lowest BCUT2D eigenvalue weighted by Gasteiger charge is -2.27. The highest BCUT2D eigenvalue weighted by molar-refractivity contribution is 5.94. The van der Waals surface area contributed by atoms with Crippen molar-refractivity contribution in [3.05, 3.63) is 0 Å². The topological polar surface area (TPSA) is 180 Å². The number of hydrogen-bond donors (Lipinski definition) is 6. The fourth-order valence-corrected chi connectivity index (χ4v) is 3.98. The lowest BCUT2D eigenvalue weighted by molar-refractivity contribution is -0.136. The Bertz CT molecular complexity index is 830. The number of hydrogen-bond acceptors (Lipinski definition) is 7. The molecule has 0 aliphatic heterocycles. The molecule has 0 rings (SSSR count). The minimum atomic E-state index is -1.45. The van der Waals surface area contributed by atoms with Gasteiger partial charge in [-0.1, -0.05) is 55.4 Å². The van der Waals surface area contributed by atoms with Crippen LogP contribution in [0.4, 0.5) is 0 Å². The molecule has 0 bridgehead atoms. The van der Waals surface area contributed by atoms with Gasteiger partial charge in [0.15, 0.2) is 5.78 Å². The standard InChI is InChI=1S/C29H55N5O6/c1-16(2)12-13-31-27(38)20(9)32-28(39)21(30)10-11-23(35)26(37)22(14-17(3)4)33-29(40)25(19(7)8)34-24(36)15-18(5)6/h16-23,25,35H,10-15,30H2,1-9H3,(H,31,38)(H,32,39)(H,33,40)(H,34,36)/t20-,21-,22-,23?,25-/m0/s1. The van der Waals surface area contributed by atoms with Crippen LogP contribution in [0.15, 0.2) is 0 Å². The van der Waals surface area contributed by atoms with Gasteiger partial charge in [-0.2, -0.15) is 0 Å². The molecular weight excluding hydrogens is 514 g/mol. The van der Waals surface area contributed by atoms with Crippen LogP contribution in [0.25, 0.3) is 0 Å². The number of carbonyl (C=O) groups excluding carboxylic acids is 5. The van der Waals surface area contributed by atoms with Gasteiger partial charge in [-0.15, -0.1) is 0 Å². The van der Waals surface area contributed by atoms with Gasteiger partial charge in [0.1, 0.15) is 18.2 Å². The van der Waals surface area contributed by atoms with E-state index in [-0.39, 0.29) is 48.8 Å². The molecule has 1 unspecified atom stereocenters. The largest absolute Gasteiger partial charge is 0.385 e. The number of amides is 4. The molecule has 232 valence electrons. The summed E-state index contributed by atoms with van der Waals surface area (Å²) in [6, 6.07) is -3.61. The number of aliphatic hydroxyl groups excluding tert-OH is 1. The normalized spacial score (nSPS) is 15.4. The number of nitrogens with one attached hydrogen (secondary N) is 4. The molecule has 0 fully saturated rings. The second-order valence-electron chi connectivity index (χ2n) is 12.4. The lowest BCUT2D eigenvalue weighted by atomic mass is 9.93. The quantitative estimate of drug-likeness (QED) is 0.136. The second-order valence-corrected chi connectivity index (χ2v) is 12.4. The molecular formula is C29H55N5O6. The van der Waals surface area contributed by atoms with E-state index in [9.17, 15) is 29.1 Å². The molecule has 4 amide bonds. The number of aliphatic hydroxyl groups is 1. The minimum absolute atomic E-state index is 0.00263. The van der Waals surface area contributed by atoms with E-state index in [1.807, 2.05) is 41.5 Å². The van der Waals surface area contributed by atoms with Crippen molar-refractivity contribution < 1.29 is 29.1 Å². The van der Waals surface area contributed by atoms with Gasteiger partial charge in [0.2, 0.25) is 23.6 Å². The third kappa shape index (κ3) is 15.3. The Morgan fingerprint density at radius 2 is 1.30 bits per heavy atom. The van der Waals surface area contributed by atoms with E-state index < -0.39 is 47.9 Å². The first-order valence-corrected chi connectivity index (χ1v) is 14.6. The van der Waals surface area contributed by atoms with Crippen LogP contribution < -0.4 is 27.0 Å². The molecule has 0 aliphatic carbocycles. The van der Waals surface area contributed by atoms with Gasteiger partial charge in [0.25, 0.3) is 0 Å². The summed E-state index contributed by atoms with van der Waals surface area (Å²) in [6.07, 6.45) is -0.149. The summed E-state index contributed by atoms with van der Waals surface area (Å²) in [5.41, 5.74) is 5.97. The van der Waals surface area contributed by atoms with Crippen molar-refractivity contribution in [3.63, 3.8) is 0 Å². The van der Waals surface area contributed by atoms with E-state index >= 15 is 0 Å². The first kappa shape index (κ1) is 37.5. The Labute approximate surface area is 240 Å². The average Bonchev–Trinajstić information content (AvgIpc) is 2.83. The van der Waals surface area contributed by atoms with Gasteiger partial charge in [-0.05, 0) is 56.3 Å². The average molecular weight is 570 g/mol. The van der Waals surface area contributed by atoms with Crippen molar-refractivity contribution >= 4 is 29.4 Å². The summed E-state index contributed by atoms with van der Waals surface area (Å²) >= 11 is 0. The van der Waals surface area contributed by atoms with Gasteiger partial charge in [-0.3, -0.25) is 24.0 Å². The van der Waals surface area contributed by atoms with E-state index in [1.54, 1.807) is 20.8 Å². The fraction of sp³-hybridized carbons (Fsp3) is 0.828. The molecule has 0 aromatic heterocycles. The van der Waals surface area contributed by atoms with Crippen LogP contribution in [-0.4, -0.2) is 71.3 Å². The molecule has 40 heavy (non-hydrogen) atoms. The number of Topliss-reactive ketones (excluding diaryl/α,β-unsaturated/α-hetero) is 1. The Kier molecular flexibility index (Phi) is 17.6. The van der Waals surface area contributed by atoms with E-state index in [0.29, 0.717) is 18.9 Å². The second kappa shape index (κ2) is 18.7. The van der Waals surface area contributed by atoms with Crippen LogP contribution in [-0.2, 0) is 24.0 Å². The van der Waals surface area contributed by atoms with E-state index in [4.69, 9.17) is 5.73 Å². The molecule has 0 aromatic rings. The maximum absolute atomic E-state index is 13.1. The molecule has 5 atom stereocenters. The molecule has 7 N–H and O–H groups in total. The number of carbonyl (C=O) groups is 5. The summed E-state index contributed by atoms with van der Waals surface area (Å²) in [5.74, 6) is -1.80. The van der Waals surface area contributed by atoms with Crippen LogP contribution in [0.1, 0.15) is 94.4 Å². The smallest absolute Gasteiger partial charge is 0.243 e. The number of rotatable bonds is 19. The molecule has 0 heterocycles. The maximum atomic E-state index is 13.1. The Morgan fingerprint density at radius 1 is 0.700 bits per heavy atom. The Hall–Kier alpha value is -2.53. The monoisotopic (exact) mass is 569 g/mol. The minimum Gasteiger partial charge on any atom is -0.385 e. The van der Waals surface area contributed by atoms with Crippen molar-refractivity contribution in [3.8, 4) is 0 Å². The maximum Gasteiger partial charge on any atom is 0.243 e. The molecule has 0 aliphatic rings. The van der Waals surface area contributed by atoms with Crippen LogP contribution in [0.2, 0.25) is 0 Å². The zero-order chi connectivity index (χ0) is 31.2. The van der Waals surface area contributed by atoms with Gasteiger partial charge in [0, 0.05) is 13.0 Å². The number of ketones is 1. The molecule has 0 saturated heterocycles. The fourth-order valence-electron chi connectivity index (χ4n) is 3.98. The summed E-state index contributed by atoms with van der Waals surface area (Å²) in [5, 5.41) is 21.4. The molecule has 11 nitrogen and oxygen atoms in total. The Balaban J connectivity index is 5.11.